The second-order valence-corrected chi connectivity index (χ2v) is 6.36. The van der Waals surface area contributed by atoms with E-state index >= 15 is 0 Å². The lowest BCUT2D eigenvalue weighted by molar-refractivity contribution is 0.391. The first-order chi connectivity index (χ1) is 11.1. The SMILES string of the molecule is C=CCn1c(SCc2cc(C)no2)nc2cc(Cl)ccc2c1=O. The highest BCUT2D eigenvalue weighted by atomic mass is 35.5. The average Bonchev–Trinajstić information content (AvgIpc) is 2.94. The summed E-state index contributed by atoms with van der Waals surface area (Å²) in [6.07, 6.45) is 1.67. The van der Waals surface area contributed by atoms with Crippen LogP contribution in [0.3, 0.4) is 0 Å². The lowest BCUT2D eigenvalue weighted by Gasteiger charge is -2.10. The van der Waals surface area contributed by atoms with E-state index in [-0.39, 0.29) is 5.56 Å². The molecular formula is C16H14ClN3O2S. The standard InChI is InChI=1S/C16H14ClN3O2S/c1-3-6-20-15(21)13-5-4-11(17)8-14(13)18-16(20)23-9-12-7-10(2)19-22-12/h3-5,7-8H,1,6,9H2,2H3. The van der Waals surface area contributed by atoms with Gasteiger partial charge in [0, 0.05) is 17.6 Å². The predicted molar refractivity (Wildman–Crippen MR) is 92.0 cm³/mol. The van der Waals surface area contributed by atoms with Crippen molar-refractivity contribution in [3.63, 3.8) is 0 Å². The third kappa shape index (κ3) is 3.33. The first-order valence-electron chi connectivity index (χ1n) is 6.94. The van der Waals surface area contributed by atoms with Crippen LogP contribution >= 0.6 is 23.4 Å². The van der Waals surface area contributed by atoms with Crippen LogP contribution in [0.4, 0.5) is 0 Å². The van der Waals surface area contributed by atoms with E-state index in [1.165, 1.54) is 11.8 Å². The third-order valence-electron chi connectivity index (χ3n) is 3.21. The molecule has 7 heteroatoms. The fraction of sp³-hybridized carbons (Fsp3) is 0.188. The molecule has 0 atom stereocenters. The summed E-state index contributed by atoms with van der Waals surface area (Å²) in [6.45, 7) is 5.96. The van der Waals surface area contributed by atoms with Crippen molar-refractivity contribution in [3.05, 3.63) is 63.8 Å². The Balaban J connectivity index is 2.04. The number of halogens is 1. The van der Waals surface area contributed by atoms with Crippen LogP contribution in [0.5, 0.6) is 0 Å². The second kappa shape index (κ2) is 6.60. The van der Waals surface area contributed by atoms with Gasteiger partial charge in [0.15, 0.2) is 5.16 Å². The number of aryl methyl sites for hydroxylation is 1. The van der Waals surface area contributed by atoms with Crippen molar-refractivity contribution >= 4 is 34.3 Å². The van der Waals surface area contributed by atoms with E-state index in [9.17, 15) is 4.79 Å². The molecule has 0 N–H and O–H groups in total. The lowest BCUT2D eigenvalue weighted by atomic mass is 10.2. The maximum Gasteiger partial charge on any atom is 0.262 e. The molecule has 118 valence electrons. The summed E-state index contributed by atoms with van der Waals surface area (Å²) in [6, 6.07) is 6.94. The van der Waals surface area contributed by atoms with Gasteiger partial charge in [-0.3, -0.25) is 9.36 Å². The highest BCUT2D eigenvalue weighted by Crippen LogP contribution is 2.23. The van der Waals surface area contributed by atoms with E-state index in [0.717, 1.165) is 11.5 Å². The molecule has 3 rings (SSSR count). The molecule has 23 heavy (non-hydrogen) atoms. The second-order valence-electron chi connectivity index (χ2n) is 4.98. The van der Waals surface area contributed by atoms with E-state index < -0.39 is 0 Å². The van der Waals surface area contributed by atoms with Crippen LogP contribution in [0.2, 0.25) is 5.02 Å². The lowest BCUT2D eigenvalue weighted by Crippen LogP contribution is -2.22. The van der Waals surface area contributed by atoms with E-state index in [4.69, 9.17) is 16.1 Å². The molecule has 0 bridgehead atoms. The Morgan fingerprint density at radius 2 is 2.26 bits per heavy atom. The third-order valence-corrected chi connectivity index (χ3v) is 4.45. The van der Waals surface area contributed by atoms with Gasteiger partial charge >= 0.3 is 0 Å². The minimum atomic E-state index is -0.109. The number of thioether (sulfide) groups is 1. The van der Waals surface area contributed by atoms with Gasteiger partial charge in [-0.25, -0.2) is 4.98 Å². The van der Waals surface area contributed by atoms with Crippen LogP contribution in [0.1, 0.15) is 11.5 Å². The molecule has 1 aromatic carbocycles. The number of benzene rings is 1. The van der Waals surface area contributed by atoms with Crippen LogP contribution in [0.25, 0.3) is 10.9 Å². The fourth-order valence-electron chi connectivity index (χ4n) is 2.19. The highest BCUT2D eigenvalue weighted by Gasteiger charge is 2.12. The number of allylic oxidation sites excluding steroid dienone is 1. The van der Waals surface area contributed by atoms with Crippen LogP contribution < -0.4 is 5.56 Å². The molecule has 0 unspecified atom stereocenters. The van der Waals surface area contributed by atoms with Gasteiger partial charge in [-0.1, -0.05) is 34.6 Å². The topological polar surface area (TPSA) is 60.9 Å². The van der Waals surface area contributed by atoms with E-state index in [0.29, 0.717) is 33.4 Å². The zero-order valence-electron chi connectivity index (χ0n) is 12.5. The zero-order valence-corrected chi connectivity index (χ0v) is 14.0. The number of aromatic nitrogens is 3. The Hall–Kier alpha value is -2.05. The predicted octanol–water partition coefficient (Wildman–Crippen LogP) is 3.82. The Morgan fingerprint density at radius 3 is 2.96 bits per heavy atom. The van der Waals surface area contributed by atoms with Crippen LogP contribution in [0, 0.1) is 6.92 Å². The maximum absolute atomic E-state index is 12.6. The number of fused-ring (bicyclic) bond motifs is 1. The number of rotatable bonds is 5. The quantitative estimate of drug-likeness (QED) is 0.399. The molecule has 5 nitrogen and oxygen atoms in total. The van der Waals surface area contributed by atoms with E-state index in [1.54, 1.807) is 28.8 Å². The summed E-state index contributed by atoms with van der Waals surface area (Å²) in [7, 11) is 0. The van der Waals surface area contributed by atoms with Crippen LogP contribution in [-0.4, -0.2) is 14.7 Å². The molecule has 2 aromatic heterocycles. The van der Waals surface area contributed by atoms with Crippen molar-refractivity contribution in [2.45, 2.75) is 24.4 Å². The van der Waals surface area contributed by atoms with Crippen LogP contribution in [0.15, 0.2) is 51.4 Å². The molecule has 0 fully saturated rings. The summed E-state index contributed by atoms with van der Waals surface area (Å²) in [5.74, 6) is 1.27. The zero-order chi connectivity index (χ0) is 16.4. The summed E-state index contributed by atoms with van der Waals surface area (Å²) in [4.78, 5) is 17.2. The van der Waals surface area contributed by atoms with Crippen molar-refractivity contribution in [1.82, 2.24) is 14.7 Å². The van der Waals surface area contributed by atoms with E-state index in [1.807, 2.05) is 13.0 Å². The molecule has 0 aliphatic carbocycles. The van der Waals surface area contributed by atoms with Crippen LogP contribution in [-0.2, 0) is 12.3 Å². The molecule has 2 heterocycles. The smallest absolute Gasteiger partial charge is 0.262 e. The van der Waals surface area contributed by atoms with Gasteiger partial charge in [0.25, 0.3) is 5.56 Å². The van der Waals surface area contributed by atoms with Crippen molar-refractivity contribution in [2.75, 3.05) is 0 Å². The van der Waals surface area contributed by atoms with Gasteiger partial charge < -0.3 is 4.52 Å². The number of hydrogen-bond donors (Lipinski definition) is 0. The van der Waals surface area contributed by atoms with Gasteiger partial charge in [-0.15, -0.1) is 6.58 Å². The molecule has 3 aromatic rings. The molecule has 0 aliphatic rings. The van der Waals surface area contributed by atoms with Gasteiger partial charge in [-0.05, 0) is 25.1 Å². The summed E-state index contributed by atoms with van der Waals surface area (Å²) >= 11 is 7.42. The monoisotopic (exact) mass is 347 g/mol. The first kappa shape index (κ1) is 15.8. The largest absolute Gasteiger partial charge is 0.360 e. The van der Waals surface area contributed by atoms with Crippen molar-refractivity contribution in [3.8, 4) is 0 Å². The molecule has 0 radical (unpaired) electrons. The highest BCUT2D eigenvalue weighted by molar-refractivity contribution is 7.98. The Bertz CT molecular complexity index is 933. The average molecular weight is 348 g/mol. The summed E-state index contributed by atoms with van der Waals surface area (Å²) < 4.78 is 6.79. The van der Waals surface area contributed by atoms with Gasteiger partial charge in [0.2, 0.25) is 0 Å². The Kier molecular flexibility index (Phi) is 4.54. The number of nitrogens with zero attached hydrogens (tertiary/aromatic N) is 3. The summed E-state index contributed by atoms with van der Waals surface area (Å²) in [5, 5.41) is 5.54. The van der Waals surface area contributed by atoms with Gasteiger partial charge in [0.1, 0.15) is 5.76 Å². The number of hydrogen-bond acceptors (Lipinski definition) is 5. The maximum atomic E-state index is 12.6. The summed E-state index contributed by atoms with van der Waals surface area (Å²) in [5.41, 5.74) is 1.30. The van der Waals surface area contributed by atoms with Crippen molar-refractivity contribution in [1.29, 1.82) is 0 Å². The molecular weight excluding hydrogens is 334 g/mol. The van der Waals surface area contributed by atoms with Gasteiger partial charge in [-0.2, -0.15) is 0 Å². The Morgan fingerprint density at radius 1 is 1.43 bits per heavy atom. The van der Waals surface area contributed by atoms with Crippen molar-refractivity contribution < 1.29 is 4.52 Å². The normalized spacial score (nSPS) is 11.0. The minimum absolute atomic E-state index is 0.109. The molecule has 0 amide bonds. The Labute approximate surface area is 142 Å². The molecule has 0 aliphatic heterocycles. The molecule has 0 saturated carbocycles. The van der Waals surface area contributed by atoms with E-state index in [2.05, 4.69) is 16.7 Å². The first-order valence-corrected chi connectivity index (χ1v) is 8.31. The fourth-order valence-corrected chi connectivity index (χ4v) is 3.24. The van der Waals surface area contributed by atoms with Crippen molar-refractivity contribution in [2.24, 2.45) is 0 Å². The minimum Gasteiger partial charge on any atom is -0.360 e. The van der Waals surface area contributed by atoms with Gasteiger partial charge in [0.05, 0.1) is 22.3 Å². The molecule has 0 spiro atoms. The molecule has 0 saturated heterocycles.